The van der Waals surface area contributed by atoms with Crippen LogP contribution in [-0.4, -0.2) is 43.6 Å². The Morgan fingerprint density at radius 3 is 2.56 bits per heavy atom. The minimum Gasteiger partial charge on any atom is -0.497 e. The molecule has 3 aromatic carbocycles. The summed E-state index contributed by atoms with van der Waals surface area (Å²) in [7, 11) is 4.74. The fourth-order valence-electron chi connectivity index (χ4n) is 3.40. The average Bonchev–Trinajstić information content (AvgIpc) is 3.33. The minimum atomic E-state index is -0.424. The fraction of sp³-hybridized carbons (Fsp3) is 0.125. The van der Waals surface area contributed by atoms with Gasteiger partial charge in [-0.2, -0.15) is 10.2 Å². The first-order chi connectivity index (χ1) is 15.6. The highest BCUT2D eigenvalue weighted by Crippen LogP contribution is 2.36. The maximum absolute atomic E-state index is 12.6. The predicted molar refractivity (Wildman–Crippen MR) is 123 cm³/mol. The van der Waals surface area contributed by atoms with Gasteiger partial charge in [0.25, 0.3) is 5.91 Å². The molecule has 4 rings (SSSR count). The van der Waals surface area contributed by atoms with Gasteiger partial charge in [0.2, 0.25) is 0 Å². The van der Waals surface area contributed by atoms with Gasteiger partial charge in [0.05, 0.1) is 38.8 Å². The summed E-state index contributed by atoms with van der Waals surface area (Å²) in [4.78, 5) is 12.6. The van der Waals surface area contributed by atoms with Crippen molar-refractivity contribution in [3.63, 3.8) is 0 Å². The third kappa shape index (κ3) is 4.11. The lowest BCUT2D eigenvalue weighted by molar-refractivity contribution is 0.0950. The van der Waals surface area contributed by atoms with Gasteiger partial charge >= 0.3 is 0 Å². The number of hydrogen-bond acceptors (Lipinski definition) is 6. The first kappa shape index (κ1) is 20.9. The summed E-state index contributed by atoms with van der Waals surface area (Å²) in [5.74, 6) is 1.49. The van der Waals surface area contributed by atoms with Crippen molar-refractivity contribution in [2.24, 2.45) is 5.10 Å². The number of benzene rings is 3. The van der Waals surface area contributed by atoms with E-state index < -0.39 is 5.91 Å². The van der Waals surface area contributed by atoms with E-state index in [0.29, 0.717) is 28.5 Å². The molecule has 0 saturated heterocycles. The summed E-state index contributed by atoms with van der Waals surface area (Å²) in [6.45, 7) is 0. The zero-order chi connectivity index (χ0) is 22.5. The number of carbonyl (C=O) groups is 1. The van der Waals surface area contributed by atoms with E-state index in [4.69, 9.17) is 14.2 Å². The van der Waals surface area contributed by atoms with Crippen molar-refractivity contribution < 1.29 is 19.0 Å². The number of hydrazone groups is 1. The van der Waals surface area contributed by atoms with Gasteiger partial charge in [0.1, 0.15) is 22.9 Å². The second-order valence-corrected chi connectivity index (χ2v) is 6.84. The summed E-state index contributed by atoms with van der Waals surface area (Å²) >= 11 is 0. The highest BCUT2D eigenvalue weighted by atomic mass is 16.5. The second kappa shape index (κ2) is 9.22. The lowest BCUT2D eigenvalue weighted by Crippen LogP contribution is -2.18. The van der Waals surface area contributed by atoms with Crippen LogP contribution in [-0.2, 0) is 0 Å². The van der Waals surface area contributed by atoms with E-state index in [1.54, 1.807) is 45.6 Å². The molecule has 162 valence electrons. The SMILES string of the molecule is COc1ccc(C=NNC(=O)c2cc(-c3c(OC)ccc4ccccc34)n[nH]2)c(OC)c1. The topological polar surface area (TPSA) is 97.8 Å². The Bertz CT molecular complexity index is 1300. The van der Waals surface area contributed by atoms with Crippen LogP contribution in [0.2, 0.25) is 0 Å². The quantitative estimate of drug-likeness (QED) is 0.341. The molecule has 32 heavy (non-hydrogen) atoms. The number of amides is 1. The van der Waals surface area contributed by atoms with E-state index in [1.807, 2.05) is 36.4 Å². The second-order valence-electron chi connectivity index (χ2n) is 6.84. The van der Waals surface area contributed by atoms with E-state index >= 15 is 0 Å². The molecule has 8 heteroatoms. The number of aromatic amines is 1. The summed E-state index contributed by atoms with van der Waals surface area (Å²) in [6, 6.07) is 18.8. The monoisotopic (exact) mass is 430 g/mol. The van der Waals surface area contributed by atoms with Crippen molar-refractivity contribution >= 4 is 22.9 Å². The summed E-state index contributed by atoms with van der Waals surface area (Å²) in [6.07, 6.45) is 1.50. The van der Waals surface area contributed by atoms with Crippen molar-refractivity contribution in [1.82, 2.24) is 15.6 Å². The van der Waals surface area contributed by atoms with Gasteiger partial charge in [-0.1, -0.05) is 30.3 Å². The van der Waals surface area contributed by atoms with Gasteiger partial charge in [-0.25, -0.2) is 5.43 Å². The van der Waals surface area contributed by atoms with E-state index in [-0.39, 0.29) is 5.69 Å². The van der Waals surface area contributed by atoms with Crippen molar-refractivity contribution in [2.75, 3.05) is 21.3 Å². The lowest BCUT2D eigenvalue weighted by Gasteiger charge is -2.09. The first-order valence-corrected chi connectivity index (χ1v) is 9.81. The Labute approximate surface area is 184 Å². The molecule has 0 aliphatic rings. The molecule has 1 aromatic heterocycles. The van der Waals surface area contributed by atoms with Crippen LogP contribution in [0.4, 0.5) is 0 Å². The van der Waals surface area contributed by atoms with Gasteiger partial charge in [-0.05, 0) is 35.0 Å². The Hall–Kier alpha value is -4.33. The summed E-state index contributed by atoms with van der Waals surface area (Å²) in [5.41, 5.74) is 4.88. The fourth-order valence-corrected chi connectivity index (χ4v) is 3.40. The van der Waals surface area contributed by atoms with Gasteiger partial charge in [-0.3, -0.25) is 9.89 Å². The zero-order valence-electron chi connectivity index (χ0n) is 17.9. The lowest BCUT2D eigenvalue weighted by atomic mass is 10.0. The molecule has 8 nitrogen and oxygen atoms in total. The van der Waals surface area contributed by atoms with Crippen molar-refractivity contribution in [2.45, 2.75) is 0 Å². The summed E-state index contributed by atoms with van der Waals surface area (Å²) < 4.78 is 16.0. The molecule has 2 N–H and O–H groups in total. The predicted octanol–water partition coefficient (Wildman–Crippen LogP) is 4.02. The molecule has 4 aromatic rings. The van der Waals surface area contributed by atoms with Crippen LogP contribution in [0.1, 0.15) is 16.1 Å². The molecule has 1 heterocycles. The normalized spacial score (nSPS) is 11.0. The van der Waals surface area contributed by atoms with Gasteiger partial charge in [0.15, 0.2) is 0 Å². The molecule has 1 amide bonds. The number of aromatic nitrogens is 2. The summed E-state index contributed by atoms with van der Waals surface area (Å²) in [5, 5.41) is 13.2. The molecule has 0 unspecified atom stereocenters. The number of nitrogens with one attached hydrogen (secondary N) is 2. The number of ether oxygens (including phenoxy) is 3. The van der Waals surface area contributed by atoms with Gasteiger partial charge in [0, 0.05) is 11.6 Å². The number of H-pyrrole nitrogens is 1. The maximum Gasteiger partial charge on any atom is 0.289 e. The number of methoxy groups -OCH3 is 3. The van der Waals surface area contributed by atoms with Crippen molar-refractivity contribution in [3.05, 3.63) is 71.9 Å². The largest absolute Gasteiger partial charge is 0.497 e. The minimum absolute atomic E-state index is 0.272. The number of hydrogen-bond donors (Lipinski definition) is 2. The van der Waals surface area contributed by atoms with E-state index in [0.717, 1.165) is 16.3 Å². The average molecular weight is 430 g/mol. The number of carbonyl (C=O) groups excluding carboxylic acids is 1. The highest BCUT2D eigenvalue weighted by Gasteiger charge is 2.16. The van der Waals surface area contributed by atoms with Crippen LogP contribution in [0.5, 0.6) is 17.2 Å². The molecule has 0 atom stereocenters. The highest BCUT2D eigenvalue weighted by molar-refractivity contribution is 6.00. The van der Waals surface area contributed by atoms with Crippen LogP contribution < -0.4 is 19.6 Å². The van der Waals surface area contributed by atoms with Crippen molar-refractivity contribution in [1.29, 1.82) is 0 Å². The molecule has 0 fully saturated rings. The Morgan fingerprint density at radius 2 is 1.78 bits per heavy atom. The Morgan fingerprint density at radius 1 is 0.969 bits per heavy atom. The first-order valence-electron chi connectivity index (χ1n) is 9.81. The van der Waals surface area contributed by atoms with E-state index in [2.05, 4.69) is 20.7 Å². The van der Waals surface area contributed by atoms with Crippen LogP contribution >= 0.6 is 0 Å². The number of fused-ring (bicyclic) bond motifs is 1. The molecule has 0 radical (unpaired) electrons. The maximum atomic E-state index is 12.6. The molecule has 0 bridgehead atoms. The third-order valence-electron chi connectivity index (χ3n) is 5.00. The molecule has 0 spiro atoms. The van der Waals surface area contributed by atoms with Crippen LogP contribution in [0.3, 0.4) is 0 Å². The molecular formula is C24H22N4O4. The van der Waals surface area contributed by atoms with Crippen molar-refractivity contribution in [3.8, 4) is 28.5 Å². The third-order valence-corrected chi connectivity index (χ3v) is 5.00. The zero-order valence-corrected chi connectivity index (χ0v) is 17.9. The van der Waals surface area contributed by atoms with Crippen LogP contribution in [0.15, 0.2) is 65.8 Å². The smallest absolute Gasteiger partial charge is 0.289 e. The molecular weight excluding hydrogens is 408 g/mol. The Kier molecular flexibility index (Phi) is 6.03. The Balaban J connectivity index is 1.56. The van der Waals surface area contributed by atoms with E-state index in [9.17, 15) is 4.79 Å². The number of rotatable bonds is 7. The molecule has 0 aliphatic carbocycles. The molecule has 0 saturated carbocycles. The van der Waals surface area contributed by atoms with Gasteiger partial charge in [-0.15, -0.1) is 0 Å². The van der Waals surface area contributed by atoms with E-state index in [1.165, 1.54) is 6.21 Å². The van der Waals surface area contributed by atoms with Gasteiger partial charge < -0.3 is 14.2 Å². The van der Waals surface area contributed by atoms with Crippen LogP contribution in [0, 0.1) is 0 Å². The number of nitrogens with zero attached hydrogens (tertiary/aromatic N) is 2. The molecule has 0 aliphatic heterocycles. The van der Waals surface area contributed by atoms with Crippen LogP contribution in [0.25, 0.3) is 22.0 Å². The standard InChI is InChI=1S/C24H22N4O4/c1-30-17-10-8-16(22(12-17)32-3)14-25-28-24(29)20-13-19(26-27-20)23-18-7-5-4-6-15(18)9-11-21(23)31-2/h4-14H,1-3H3,(H,26,27)(H,28,29).